The molecule has 0 radical (unpaired) electrons. The van der Waals surface area contributed by atoms with Crippen molar-refractivity contribution in [1.29, 1.82) is 0 Å². The lowest BCUT2D eigenvalue weighted by atomic mass is 10.1. The Hall–Kier alpha value is -3.99. The number of carbonyl (C=O) groups is 2. The Bertz CT molecular complexity index is 1260. The fraction of sp³-hybridized carbons (Fsp3) is 0.280. The van der Waals surface area contributed by atoms with Crippen molar-refractivity contribution < 1.29 is 22.8 Å². The minimum absolute atomic E-state index is 0.00515. The van der Waals surface area contributed by atoms with Crippen LogP contribution in [0.5, 0.6) is 0 Å². The first-order valence-corrected chi connectivity index (χ1v) is 11.4. The molecule has 2 amide bonds. The number of nitrogens with two attached hydrogens (primary N) is 1. The molecule has 5 N–H and O–H groups in total. The lowest BCUT2D eigenvalue weighted by molar-refractivity contribution is -0.137. The van der Waals surface area contributed by atoms with Gasteiger partial charge in [0.2, 0.25) is 5.91 Å². The molecule has 1 atom stereocenters. The van der Waals surface area contributed by atoms with Crippen LogP contribution in [0.1, 0.15) is 34.5 Å². The van der Waals surface area contributed by atoms with E-state index in [0.717, 1.165) is 31.5 Å². The van der Waals surface area contributed by atoms with E-state index in [9.17, 15) is 22.8 Å². The van der Waals surface area contributed by atoms with E-state index in [4.69, 9.17) is 5.73 Å². The van der Waals surface area contributed by atoms with Crippen LogP contribution in [-0.2, 0) is 17.4 Å². The minimum Gasteiger partial charge on any atom is -0.382 e. The number of amides is 2. The molecule has 8 nitrogen and oxygen atoms in total. The van der Waals surface area contributed by atoms with Gasteiger partial charge in [0, 0.05) is 23.8 Å². The number of piperidine rings is 1. The number of halogens is 3. The third kappa shape index (κ3) is 6.36. The van der Waals surface area contributed by atoms with Crippen molar-refractivity contribution in [2.24, 2.45) is 0 Å². The Morgan fingerprint density at radius 2 is 1.94 bits per heavy atom. The minimum atomic E-state index is -4.48. The van der Waals surface area contributed by atoms with E-state index in [1.165, 1.54) is 18.3 Å². The summed E-state index contributed by atoms with van der Waals surface area (Å²) in [5.74, 6) is -0.886. The summed E-state index contributed by atoms with van der Waals surface area (Å²) in [5.41, 5.74) is 6.72. The van der Waals surface area contributed by atoms with Gasteiger partial charge in [0.05, 0.1) is 23.9 Å². The number of aromatic nitrogens is 2. The van der Waals surface area contributed by atoms with E-state index >= 15 is 0 Å². The van der Waals surface area contributed by atoms with E-state index in [-0.39, 0.29) is 29.5 Å². The first-order chi connectivity index (χ1) is 17.2. The normalized spacial score (nSPS) is 15.8. The lowest BCUT2D eigenvalue weighted by Gasteiger charge is -2.23. The third-order valence-electron chi connectivity index (χ3n) is 5.71. The maximum Gasteiger partial charge on any atom is 0.416 e. The molecule has 1 fully saturated rings. The molecule has 0 unspecified atom stereocenters. The summed E-state index contributed by atoms with van der Waals surface area (Å²) in [6.45, 7) is 1.58. The largest absolute Gasteiger partial charge is 0.416 e. The summed E-state index contributed by atoms with van der Waals surface area (Å²) in [4.78, 5) is 33.7. The molecule has 3 aromatic rings. The number of nitrogens with zero attached hydrogens (tertiary/aromatic N) is 2. The molecule has 0 spiro atoms. The second kappa shape index (κ2) is 10.7. The zero-order valence-electron chi connectivity index (χ0n) is 19.2. The van der Waals surface area contributed by atoms with Crippen LogP contribution in [0.25, 0.3) is 11.3 Å². The van der Waals surface area contributed by atoms with Gasteiger partial charge < -0.3 is 21.7 Å². The highest BCUT2D eigenvalue weighted by Crippen LogP contribution is 2.29. The predicted molar refractivity (Wildman–Crippen MR) is 129 cm³/mol. The number of benzene rings is 2. The van der Waals surface area contributed by atoms with Gasteiger partial charge in [-0.25, -0.2) is 9.97 Å². The van der Waals surface area contributed by atoms with Gasteiger partial charge in [-0.3, -0.25) is 9.59 Å². The summed E-state index contributed by atoms with van der Waals surface area (Å²) in [6.07, 6.45) is -1.47. The van der Waals surface area contributed by atoms with Crippen LogP contribution in [0.15, 0.2) is 54.7 Å². The summed E-state index contributed by atoms with van der Waals surface area (Å²) >= 11 is 0. The molecule has 188 valence electrons. The van der Waals surface area contributed by atoms with Crippen LogP contribution in [0, 0.1) is 0 Å². The van der Waals surface area contributed by atoms with Gasteiger partial charge in [0.1, 0.15) is 0 Å². The molecule has 2 heterocycles. The van der Waals surface area contributed by atoms with Crippen LogP contribution in [0.2, 0.25) is 0 Å². The predicted octanol–water partition coefficient (Wildman–Crippen LogP) is 3.41. The molecule has 2 aromatic carbocycles. The van der Waals surface area contributed by atoms with Gasteiger partial charge >= 0.3 is 6.18 Å². The van der Waals surface area contributed by atoms with Crippen molar-refractivity contribution in [1.82, 2.24) is 20.6 Å². The quantitative estimate of drug-likeness (QED) is 0.413. The fourth-order valence-electron chi connectivity index (χ4n) is 3.94. The fourth-order valence-corrected chi connectivity index (χ4v) is 3.94. The number of nitrogens with one attached hydrogen (secondary N) is 3. The molecular formula is C25H25F3N6O2. The van der Waals surface area contributed by atoms with Crippen molar-refractivity contribution in [3.05, 3.63) is 71.5 Å². The molecule has 1 aliphatic heterocycles. The van der Waals surface area contributed by atoms with Crippen LogP contribution in [0.3, 0.4) is 0 Å². The summed E-state index contributed by atoms with van der Waals surface area (Å²) in [6, 6.07) is 11.3. The van der Waals surface area contributed by atoms with E-state index in [1.807, 2.05) is 0 Å². The topological polar surface area (TPSA) is 122 Å². The standard InChI is InChI=1S/C25H25F3N6O2/c26-25(27,28)17-6-1-4-15(10-17)11-21(35)32-18-7-2-5-16(12-18)20-14-31-23(29)22(34-20)24(36)33-19-8-3-9-30-13-19/h1-2,4-7,10,12,14,19,30H,3,8-9,11,13H2,(H2,29,31)(H,32,35)(H,33,36)/t19-/m0/s1. The SMILES string of the molecule is Nc1ncc(-c2cccc(NC(=O)Cc3cccc(C(F)(F)F)c3)c2)nc1C(=O)N[C@H]1CCCNC1. The monoisotopic (exact) mass is 498 g/mol. The van der Waals surface area contributed by atoms with E-state index < -0.39 is 23.6 Å². The van der Waals surface area contributed by atoms with Crippen LogP contribution < -0.4 is 21.7 Å². The van der Waals surface area contributed by atoms with Gasteiger partial charge in [0.25, 0.3) is 5.91 Å². The van der Waals surface area contributed by atoms with Crippen molar-refractivity contribution in [3.63, 3.8) is 0 Å². The number of anilines is 2. The highest BCUT2D eigenvalue weighted by molar-refractivity contribution is 5.97. The van der Waals surface area contributed by atoms with Gasteiger partial charge in [-0.05, 0) is 43.1 Å². The van der Waals surface area contributed by atoms with Gasteiger partial charge in [-0.15, -0.1) is 0 Å². The average Bonchev–Trinajstić information content (AvgIpc) is 2.84. The molecule has 4 rings (SSSR count). The number of rotatable bonds is 6. The molecule has 1 aromatic heterocycles. The summed E-state index contributed by atoms with van der Waals surface area (Å²) in [5, 5.41) is 8.82. The Morgan fingerprint density at radius 3 is 2.69 bits per heavy atom. The van der Waals surface area contributed by atoms with Crippen molar-refractivity contribution in [2.75, 3.05) is 24.1 Å². The second-order valence-electron chi connectivity index (χ2n) is 8.51. The van der Waals surface area contributed by atoms with Crippen molar-refractivity contribution in [3.8, 4) is 11.3 Å². The van der Waals surface area contributed by atoms with Gasteiger partial charge in [-0.2, -0.15) is 13.2 Å². The smallest absolute Gasteiger partial charge is 0.382 e. The Balaban J connectivity index is 1.46. The number of hydrogen-bond acceptors (Lipinski definition) is 6. The van der Waals surface area contributed by atoms with E-state index in [2.05, 4.69) is 25.9 Å². The highest BCUT2D eigenvalue weighted by atomic mass is 19.4. The highest BCUT2D eigenvalue weighted by Gasteiger charge is 2.30. The van der Waals surface area contributed by atoms with Crippen molar-refractivity contribution >= 4 is 23.3 Å². The van der Waals surface area contributed by atoms with Crippen LogP contribution in [-0.4, -0.2) is 40.9 Å². The summed E-state index contributed by atoms with van der Waals surface area (Å²) < 4.78 is 38.8. The van der Waals surface area contributed by atoms with Crippen molar-refractivity contribution in [2.45, 2.75) is 31.5 Å². The number of nitrogen functional groups attached to an aromatic ring is 1. The van der Waals surface area contributed by atoms with Crippen LogP contribution >= 0.6 is 0 Å². The molecule has 0 bridgehead atoms. The lowest BCUT2D eigenvalue weighted by Crippen LogP contribution is -2.46. The molecule has 1 saturated heterocycles. The van der Waals surface area contributed by atoms with E-state index in [1.54, 1.807) is 24.3 Å². The molecular weight excluding hydrogens is 473 g/mol. The molecule has 0 saturated carbocycles. The zero-order chi connectivity index (χ0) is 25.7. The Kier molecular flexibility index (Phi) is 7.49. The molecule has 1 aliphatic rings. The first kappa shape index (κ1) is 25.1. The maximum absolute atomic E-state index is 12.9. The Labute approximate surface area is 205 Å². The number of hydrogen-bond donors (Lipinski definition) is 4. The third-order valence-corrected chi connectivity index (χ3v) is 5.71. The molecule has 11 heteroatoms. The number of alkyl halides is 3. The average molecular weight is 499 g/mol. The molecule has 36 heavy (non-hydrogen) atoms. The molecule has 0 aliphatic carbocycles. The van der Waals surface area contributed by atoms with E-state index in [0.29, 0.717) is 23.5 Å². The van der Waals surface area contributed by atoms with Crippen LogP contribution in [0.4, 0.5) is 24.7 Å². The summed E-state index contributed by atoms with van der Waals surface area (Å²) in [7, 11) is 0. The zero-order valence-corrected chi connectivity index (χ0v) is 19.2. The Morgan fingerprint density at radius 1 is 1.14 bits per heavy atom. The second-order valence-corrected chi connectivity index (χ2v) is 8.51. The number of carbonyl (C=O) groups excluding carboxylic acids is 2. The maximum atomic E-state index is 12.9. The first-order valence-electron chi connectivity index (χ1n) is 11.4. The van der Waals surface area contributed by atoms with Gasteiger partial charge in [-0.1, -0.05) is 30.3 Å². The van der Waals surface area contributed by atoms with Gasteiger partial charge in [0.15, 0.2) is 11.5 Å².